The number of ketones is 2. The van der Waals surface area contributed by atoms with E-state index in [1.165, 1.54) is 7.11 Å². The second-order valence-corrected chi connectivity index (χ2v) is 6.88. The Morgan fingerprint density at radius 2 is 2.08 bits per heavy atom. The highest BCUT2D eigenvalue weighted by Crippen LogP contribution is 2.59. The molecule has 0 N–H and O–H groups in total. The van der Waals surface area contributed by atoms with Crippen LogP contribution in [0.3, 0.4) is 0 Å². The number of rotatable bonds is 4. The largest absolute Gasteiger partial charge is 0.493 e. The van der Waals surface area contributed by atoms with Crippen LogP contribution in [0.5, 0.6) is 11.5 Å². The van der Waals surface area contributed by atoms with Crippen LogP contribution in [0.1, 0.15) is 24.8 Å². The fourth-order valence-electron chi connectivity index (χ4n) is 4.57. The van der Waals surface area contributed by atoms with Crippen LogP contribution < -0.4 is 9.47 Å². The zero-order chi connectivity index (χ0) is 17.8. The fourth-order valence-corrected chi connectivity index (χ4v) is 4.57. The van der Waals surface area contributed by atoms with E-state index in [2.05, 4.69) is 6.58 Å². The monoisotopic (exact) mass is 340 g/mol. The highest BCUT2D eigenvalue weighted by atomic mass is 16.7. The molecule has 3 aliphatic rings. The van der Waals surface area contributed by atoms with Gasteiger partial charge in [0.2, 0.25) is 12.6 Å². The highest BCUT2D eigenvalue weighted by molar-refractivity contribution is 6.17. The Morgan fingerprint density at radius 1 is 1.32 bits per heavy atom. The van der Waals surface area contributed by atoms with E-state index >= 15 is 0 Å². The molecular weight excluding hydrogens is 320 g/mol. The summed E-state index contributed by atoms with van der Waals surface area (Å²) in [6, 6.07) is 5.65. The van der Waals surface area contributed by atoms with Crippen molar-refractivity contribution in [2.45, 2.75) is 19.3 Å². The first-order chi connectivity index (χ1) is 12.0. The number of carbonyl (C=O) groups is 2. The predicted molar refractivity (Wildman–Crippen MR) is 90.3 cm³/mol. The standard InChI is InChI=1S/C20H20O5/c1-4-7-20-9-15(23-3)18(21)17(19(20)22)16(11(20)2)12-5-6-13-14(8-12)25-10-24-13/h4-6,8-9,11,16-17H,1,7,10H2,2-3H3. The van der Waals surface area contributed by atoms with Crippen molar-refractivity contribution in [3.8, 4) is 11.5 Å². The van der Waals surface area contributed by atoms with Crippen LogP contribution in [0.2, 0.25) is 0 Å². The molecule has 5 heteroatoms. The number of Topliss-reactive ketones (excluding diaryl/α,β-unsaturated/α-hetero) is 2. The van der Waals surface area contributed by atoms with Crippen molar-refractivity contribution in [2.24, 2.45) is 17.3 Å². The van der Waals surface area contributed by atoms with Crippen LogP contribution in [0, 0.1) is 17.3 Å². The molecule has 0 aromatic heterocycles. The summed E-state index contributed by atoms with van der Waals surface area (Å²) in [6.07, 6.45) is 3.95. The molecule has 4 unspecified atom stereocenters. The number of benzene rings is 1. The number of fused-ring (bicyclic) bond motifs is 3. The van der Waals surface area contributed by atoms with Crippen molar-refractivity contribution in [1.82, 2.24) is 0 Å². The van der Waals surface area contributed by atoms with E-state index in [1.807, 2.05) is 25.1 Å². The number of hydrogen-bond acceptors (Lipinski definition) is 5. The maximum absolute atomic E-state index is 13.2. The molecule has 1 saturated carbocycles. The molecule has 0 amide bonds. The molecule has 25 heavy (non-hydrogen) atoms. The van der Waals surface area contributed by atoms with Gasteiger partial charge in [-0.05, 0) is 36.1 Å². The molecule has 130 valence electrons. The lowest BCUT2D eigenvalue weighted by atomic mass is 9.71. The summed E-state index contributed by atoms with van der Waals surface area (Å²) in [5.74, 6) is 0.345. The third-order valence-corrected chi connectivity index (χ3v) is 5.85. The molecule has 5 nitrogen and oxygen atoms in total. The average Bonchev–Trinajstić information content (AvgIpc) is 3.13. The van der Waals surface area contributed by atoms with Gasteiger partial charge in [0.1, 0.15) is 0 Å². The molecule has 2 bridgehead atoms. The van der Waals surface area contributed by atoms with Gasteiger partial charge >= 0.3 is 0 Å². The molecule has 1 aromatic carbocycles. The Hall–Kier alpha value is -2.56. The Morgan fingerprint density at radius 3 is 2.80 bits per heavy atom. The van der Waals surface area contributed by atoms with Crippen molar-refractivity contribution < 1.29 is 23.8 Å². The molecule has 1 aliphatic heterocycles. The van der Waals surface area contributed by atoms with Gasteiger partial charge < -0.3 is 14.2 Å². The van der Waals surface area contributed by atoms with Crippen molar-refractivity contribution in [2.75, 3.05) is 13.9 Å². The second-order valence-electron chi connectivity index (χ2n) is 6.88. The van der Waals surface area contributed by atoms with E-state index in [0.29, 0.717) is 17.9 Å². The minimum absolute atomic E-state index is 0.0339. The topological polar surface area (TPSA) is 61.8 Å². The predicted octanol–water partition coefficient (Wildman–Crippen LogP) is 3.01. The van der Waals surface area contributed by atoms with Crippen molar-refractivity contribution in [3.05, 3.63) is 48.3 Å². The summed E-state index contributed by atoms with van der Waals surface area (Å²) >= 11 is 0. The number of allylic oxidation sites excluding steroid dienone is 3. The summed E-state index contributed by atoms with van der Waals surface area (Å²) in [5.41, 5.74) is 0.173. The number of ether oxygens (including phenoxy) is 3. The quantitative estimate of drug-likeness (QED) is 0.623. The summed E-state index contributed by atoms with van der Waals surface area (Å²) < 4.78 is 16.1. The second kappa shape index (κ2) is 5.48. The third-order valence-electron chi connectivity index (χ3n) is 5.85. The average molecular weight is 340 g/mol. The molecule has 4 atom stereocenters. The van der Waals surface area contributed by atoms with E-state index < -0.39 is 11.3 Å². The van der Waals surface area contributed by atoms with Gasteiger partial charge in [-0.3, -0.25) is 9.59 Å². The zero-order valence-corrected chi connectivity index (χ0v) is 14.3. The van der Waals surface area contributed by atoms with Gasteiger partial charge in [0.25, 0.3) is 0 Å². The fraction of sp³-hybridized carbons (Fsp3) is 0.400. The first kappa shape index (κ1) is 15.9. The molecule has 1 aromatic rings. The van der Waals surface area contributed by atoms with Crippen LogP contribution >= 0.6 is 0 Å². The SMILES string of the molecule is C=CCC12C=C(OC)C(=O)C(C1=O)C(c1ccc3c(c1)OCO3)C2C. The maximum Gasteiger partial charge on any atom is 0.231 e. The first-order valence-electron chi connectivity index (χ1n) is 8.39. The minimum atomic E-state index is -0.743. The molecule has 2 aliphatic carbocycles. The van der Waals surface area contributed by atoms with Crippen LogP contribution in [-0.4, -0.2) is 25.5 Å². The van der Waals surface area contributed by atoms with Gasteiger partial charge in [-0.25, -0.2) is 0 Å². The molecule has 0 spiro atoms. The van der Waals surface area contributed by atoms with Crippen LogP contribution in [0.15, 0.2) is 42.7 Å². The van der Waals surface area contributed by atoms with Crippen LogP contribution in [0.25, 0.3) is 0 Å². The van der Waals surface area contributed by atoms with Crippen LogP contribution in [-0.2, 0) is 14.3 Å². The van der Waals surface area contributed by atoms with Crippen LogP contribution in [0.4, 0.5) is 0 Å². The van der Waals surface area contributed by atoms with E-state index in [-0.39, 0.29) is 36.0 Å². The summed E-state index contributed by atoms with van der Waals surface area (Å²) in [7, 11) is 1.47. The van der Waals surface area contributed by atoms with Gasteiger partial charge in [0.15, 0.2) is 23.0 Å². The van der Waals surface area contributed by atoms with E-state index in [1.54, 1.807) is 12.2 Å². The van der Waals surface area contributed by atoms with Crippen molar-refractivity contribution >= 4 is 11.6 Å². The first-order valence-corrected chi connectivity index (χ1v) is 8.39. The summed E-state index contributed by atoms with van der Waals surface area (Å²) in [5, 5.41) is 0. The summed E-state index contributed by atoms with van der Waals surface area (Å²) in [6.45, 7) is 6.02. The molecule has 1 fully saturated rings. The lowest BCUT2D eigenvalue weighted by Crippen LogP contribution is -2.38. The van der Waals surface area contributed by atoms with Crippen molar-refractivity contribution in [1.29, 1.82) is 0 Å². The van der Waals surface area contributed by atoms with E-state index in [4.69, 9.17) is 14.2 Å². The third kappa shape index (κ3) is 2.01. The number of methoxy groups -OCH3 is 1. The van der Waals surface area contributed by atoms with Gasteiger partial charge in [-0.15, -0.1) is 6.58 Å². The highest BCUT2D eigenvalue weighted by Gasteiger charge is 2.62. The Bertz CT molecular complexity index is 808. The number of carbonyl (C=O) groups excluding carboxylic acids is 2. The van der Waals surface area contributed by atoms with E-state index in [0.717, 1.165) is 5.56 Å². The van der Waals surface area contributed by atoms with Gasteiger partial charge in [0, 0.05) is 5.92 Å². The molecule has 1 heterocycles. The lowest BCUT2D eigenvalue weighted by molar-refractivity contribution is -0.136. The zero-order valence-electron chi connectivity index (χ0n) is 14.3. The normalized spacial score (nSPS) is 32.6. The molecule has 4 rings (SSSR count). The molecule has 0 saturated heterocycles. The maximum atomic E-state index is 13.2. The van der Waals surface area contributed by atoms with Crippen molar-refractivity contribution in [3.63, 3.8) is 0 Å². The summed E-state index contributed by atoms with van der Waals surface area (Å²) in [4.78, 5) is 26.0. The van der Waals surface area contributed by atoms with Gasteiger partial charge in [-0.1, -0.05) is 19.1 Å². The molecular formula is C20H20O5. The van der Waals surface area contributed by atoms with Gasteiger partial charge in [0.05, 0.1) is 18.4 Å². The number of hydrogen-bond donors (Lipinski definition) is 0. The lowest BCUT2D eigenvalue weighted by Gasteiger charge is -2.31. The minimum Gasteiger partial charge on any atom is -0.493 e. The molecule has 0 radical (unpaired) electrons. The Balaban J connectivity index is 1.84. The van der Waals surface area contributed by atoms with Gasteiger partial charge in [-0.2, -0.15) is 0 Å². The Kier molecular flexibility index (Phi) is 3.49. The van der Waals surface area contributed by atoms with E-state index in [9.17, 15) is 9.59 Å². The Labute approximate surface area is 146 Å². The smallest absolute Gasteiger partial charge is 0.231 e.